The fourth-order valence-corrected chi connectivity index (χ4v) is 3.52. The normalized spacial score (nSPS) is 13.8. The number of carbonyl (C=O) groups is 2. The Labute approximate surface area is 173 Å². The molecule has 0 aliphatic carbocycles. The Hall–Kier alpha value is -3.55. The SMILES string of the molecule is CC(C)(C)OC(=O)N1CCc2[nH]nc(C(=O)Nc3cccc4ccc(O)cc34)c2C1. The minimum atomic E-state index is -0.589. The fourth-order valence-electron chi connectivity index (χ4n) is 3.52. The number of hydrogen-bond donors (Lipinski definition) is 3. The average Bonchev–Trinajstić information content (AvgIpc) is 3.10. The zero-order chi connectivity index (χ0) is 21.5. The van der Waals surface area contributed by atoms with Crippen LogP contribution in [0.4, 0.5) is 10.5 Å². The maximum Gasteiger partial charge on any atom is 0.410 e. The molecular formula is C22H24N4O4. The Bertz CT molecular complexity index is 1130. The second-order valence-corrected chi connectivity index (χ2v) is 8.35. The molecular weight excluding hydrogens is 384 g/mol. The molecule has 4 rings (SSSR count). The molecule has 8 nitrogen and oxygen atoms in total. The topological polar surface area (TPSA) is 108 Å². The summed E-state index contributed by atoms with van der Waals surface area (Å²) in [7, 11) is 0. The fraction of sp³-hybridized carbons (Fsp3) is 0.318. The first kappa shape index (κ1) is 19.8. The van der Waals surface area contributed by atoms with E-state index in [1.165, 1.54) is 0 Å². The first-order valence-electron chi connectivity index (χ1n) is 9.78. The van der Waals surface area contributed by atoms with E-state index in [1.54, 1.807) is 29.2 Å². The number of aromatic amines is 1. The van der Waals surface area contributed by atoms with Gasteiger partial charge in [0, 0.05) is 35.3 Å². The van der Waals surface area contributed by atoms with Gasteiger partial charge in [0.15, 0.2) is 5.69 Å². The van der Waals surface area contributed by atoms with Gasteiger partial charge in [0.1, 0.15) is 11.4 Å². The Morgan fingerprint density at radius 1 is 1.23 bits per heavy atom. The smallest absolute Gasteiger partial charge is 0.410 e. The van der Waals surface area contributed by atoms with Gasteiger partial charge >= 0.3 is 6.09 Å². The molecule has 0 fully saturated rings. The molecule has 2 aromatic carbocycles. The molecule has 0 atom stereocenters. The molecule has 30 heavy (non-hydrogen) atoms. The van der Waals surface area contributed by atoms with E-state index in [-0.39, 0.29) is 23.9 Å². The molecule has 2 amide bonds. The highest BCUT2D eigenvalue weighted by Crippen LogP contribution is 2.28. The van der Waals surface area contributed by atoms with Crippen LogP contribution in [0.3, 0.4) is 0 Å². The second-order valence-electron chi connectivity index (χ2n) is 8.35. The minimum absolute atomic E-state index is 0.120. The molecule has 1 aliphatic heterocycles. The number of phenols is 1. The van der Waals surface area contributed by atoms with Crippen molar-refractivity contribution in [3.63, 3.8) is 0 Å². The Morgan fingerprint density at radius 2 is 2.03 bits per heavy atom. The average molecular weight is 408 g/mol. The number of aromatic nitrogens is 2. The number of fused-ring (bicyclic) bond motifs is 2. The van der Waals surface area contributed by atoms with E-state index < -0.39 is 11.7 Å². The Kier molecular flexibility index (Phi) is 4.85. The van der Waals surface area contributed by atoms with Crippen LogP contribution in [0.1, 0.15) is 42.5 Å². The third-order valence-electron chi connectivity index (χ3n) is 4.91. The number of hydrogen-bond acceptors (Lipinski definition) is 5. The van der Waals surface area contributed by atoms with Gasteiger partial charge in [0.2, 0.25) is 0 Å². The number of ether oxygens (including phenoxy) is 1. The predicted molar refractivity (Wildman–Crippen MR) is 113 cm³/mol. The van der Waals surface area contributed by atoms with Gasteiger partial charge in [-0.2, -0.15) is 5.10 Å². The van der Waals surface area contributed by atoms with Gasteiger partial charge in [-0.15, -0.1) is 0 Å². The summed E-state index contributed by atoms with van der Waals surface area (Å²) < 4.78 is 5.46. The molecule has 1 aliphatic rings. The van der Waals surface area contributed by atoms with Gasteiger partial charge in [-0.05, 0) is 44.4 Å². The molecule has 0 unspecified atom stereocenters. The summed E-state index contributed by atoms with van der Waals surface area (Å²) in [5.74, 6) is -0.260. The van der Waals surface area contributed by atoms with Gasteiger partial charge in [-0.25, -0.2) is 4.79 Å². The number of aromatic hydroxyl groups is 1. The number of anilines is 1. The van der Waals surface area contributed by atoms with Crippen molar-refractivity contribution in [1.82, 2.24) is 15.1 Å². The number of amides is 2. The summed E-state index contributed by atoms with van der Waals surface area (Å²) in [4.78, 5) is 27.0. The van der Waals surface area contributed by atoms with Crippen LogP contribution in [0.25, 0.3) is 10.8 Å². The number of carbonyl (C=O) groups excluding carboxylic acids is 2. The van der Waals surface area contributed by atoms with Crippen LogP contribution in [0.5, 0.6) is 5.75 Å². The summed E-state index contributed by atoms with van der Waals surface area (Å²) >= 11 is 0. The highest BCUT2D eigenvalue weighted by atomic mass is 16.6. The van der Waals surface area contributed by atoms with Crippen molar-refractivity contribution in [1.29, 1.82) is 0 Å². The van der Waals surface area contributed by atoms with Gasteiger partial charge in [-0.3, -0.25) is 9.89 Å². The quantitative estimate of drug-likeness (QED) is 0.598. The monoisotopic (exact) mass is 408 g/mol. The molecule has 0 spiro atoms. The van der Waals surface area contributed by atoms with Crippen molar-refractivity contribution in [2.75, 3.05) is 11.9 Å². The molecule has 3 N–H and O–H groups in total. The van der Waals surface area contributed by atoms with Crippen molar-refractivity contribution < 1.29 is 19.4 Å². The highest BCUT2D eigenvalue weighted by molar-refractivity contribution is 6.09. The van der Waals surface area contributed by atoms with Crippen LogP contribution >= 0.6 is 0 Å². The van der Waals surface area contributed by atoms with E-state index in [0.717, 1.165) is 16.5 Å². The number of nitrogens with zero attached hydrogens (tertiary/aromatic N) is 2. The maximum atomic E-state index is 13.0. The van der Waals surface area contributed by atoms with Crippen LogP contribution in [0, 0.1) is 0 Å². The second kappa shape index (κ2) is 7.37. The molecule has 2 heterocycles. The van der Waals surface area contributed by atoms with Crippen LogP contribution in [-0.2, 0) is 17.7 Å². The van der Waals surface area contributed by atoms with Crippen LogP contribution < -0.4 is 5.32 Å². The maximum absolute atomic E-state index is 13.0. The summed E-state index contributed by atoms with van der Waals surface area (Å²) in [6.45, 7) is 6.20. The van der Waals surface area contributed by atoms with Gasteiger partial charge in [0.25, 0.3) is 5.91 Å². The van der Waals surface area contributed by atoms with Crippen molar-refractivity contribution >= 4 is 28.5 Å². The lowest BCUT2D eigenvalue weighted by Gasteiger charge is -2.30. The number of phenolic OH excluding ortho intramolecular Hbond substituents is 1. The minimum Gasteiger partial charge on any atom is -0.508 e. The molecule has 1 aromatic heterocycles. The molecule has 156 valence electrons. The number of H-pyrrole nitrogens is 1. The zero-order valence-electron chi connectivity index (χ0n) is 17.2. The van der Waals surface area contributed by atoms with E-state index in [2.05, 4.69) is 15.5 Å². The van der Waals surface area contributed by atoms with Crippen molar-refractivity contribution in [3.05, 3.63) is 53.3 Å². The Balaban J connectivity index is 1.57. The van der Waals surface area contributed by atoms with Crippen molar-refractivity contribution in [2.45, 2.75) is 39.3 Å². The molecule has 3 aromatic rings. The zero-order valence-corrected chi connectivity index (χ0v) is 17.2. The van der Waals surface area contributed by atoms with E-state index in [0.29, 0.717) is 24.2 Å². The number of benzene rings is 2. The summed E-state index contributed by atoms with van der Waals surface area (Å²) in [6, 6.07) is 10.5. The third kappa shape index (κ3) is 3.94. The highest BCUT2D eigenvalue weighted by Gasteiger charge is 2.30. The van der Waals surface area contributed by atoms with Gasteiger partial charge in [0.05, 0.1) is 6.54 Å². The van der Waals surface area contributed by atoms with Crippen LogP contribution in [0.2, 0.25) is 0 Å². The first-order chi connectivity index (χ1) is 14.2. The lowest BCUT2D eigenvalue weighted by molar-refractivity contribution is 0.0222. The lowest BCUT2D eigenvalue weighted by atomic mass is 10.0. The molecule has 8 heteroatoms. The summed E-state index contributed by atoms with van der Waals surface area (Å²) in [5.41, 5.74) is 1.76. The van der Waals surface area contributed by atoms with Gasteiger partial charge < -0.3 is 20.1 Å². The molecule has 0 saturated heterocycles. The van der Waals surface area contributed by atoms with E-state index in [4.69, 9.17) is 4.74 Å². The number of rotatable bonds is 2. The van der Waals surface area contributed by atoms with Crippen LogP contribution in [-0.4, -0.2) is 44.4 Å². The van der Waals surface area contributed by atoms with E-state index in [1.807, 2.05) is 32.9 Å². The molecule has 0 saturated carbocycles. The van der Waals surface area contributed by atoms with Gasteiger partial charge in [-0.1, -0.05) is 18.2 Å². The number of nitrogens with one attached hydrogen (secondary N) is 2. The Morgan fingerprint density at radius 3 is 2.80 bits per heavy atom. The lowest BCUT2D eigenvalue weighted by Crippen LogP contribution is -2.40. The van der Waals surface area contributed by atoms with E-state index >= 15 is 0 Å². The first-order valence-corrected chi connectivity index (χ1v) is 9.78. The van der Waals surface area contributed by atoms with Crippen molar-refractivity contribution in [3.8, 4) is 5.75 Å². The third-order valence-corrected chi connectivity index (χ3v) is 4.91. The predicted octanol–water partition coefficient (Wildman–Crippen LogP) is 3.81. The summed E-state index contributed by atoms with van der Waals surface area (Å²) in [5, 5.41) is 21.4. The molecule has 0 bridgehead atoms. The standard InChI is InChI=1S/C22H24N4O4/c1-22(2,3)30-21(29)26-10-9-18-16(12-26)19(25-24-18)20(28)23-17-6-4-5-13-7-8-14(27)11-15(13)17/h4-8,11,27H,9-10,12H2,1-3H3,(H,23,28)(H,24,25). The largest absolute Gasteiger partial charge is 0.508 e. The molecule has 0 radical (unpaired) electrons. The van der Waals surface area contributed by atoms with Crippen molar-refractivity contribution in [2.24, 2.45) is 0 Å². The summed E-state index contributed by atoms with van der Waals surface area (Å²) in [6.07, 6.45) is 0.155. The van der Waals surface area contributed by atoms with E-state index in [9.17, 15) is 14.7 Å². The van der Waals surface area contributed by atoms with Crippen LogP contribution in [0.15, 0.2) is 36.4 Å².